The molecule has 4 rings (SSSR count). The lowest BCUT2D eigenvalue weighted by Crippen LogP contribution is -2.29. The zero-order valence-electron chi connectivity index (χ0n) is 18.3. The average Bonchev–Trinajstić information content (AvgIpc) is 3.37. The molecule has 0 aliphatic carbocycles. The van der Waals surface area contributed by atoms with Gasteiger partial charge in [0, 0.05) is 22.9 Å². The Kier molecular flexibility index (Phi) is 6.90. The van der Waals surface area contributed by atoms with Crippen molar-refractivity contribution in [2.45, 2.75) is 0 Å². The van der Waals surface area contributed by atoms with Gasteiger partial charge in [0.1, 0.15) is 18.2 Å². The Morgan fingerprint density at radius 3 is 2.22 bits per heavy atom. The minimum Gasteiger partial charge on any atom is -0.480 e. The van der Waals surface area contributed by atoms with E-state index in [2.05, 4.69) is 36.6 Å². The highest BCUT2D eigenvalue weighted by Gasteiger charge is 2.15. The molecule has 5 N–H and O–H groups in total. The van der Waals surface area contributed by atoms with Crippen molar-refractivity contribution in [3.05, 3.63) is 77.9 Å². The monoisotopic (exact) mass is 493 g/mol. The molecule has 0 fully saturated rings. The van der Waals surface area contributed by atoms with Crippen LogP contribution in [0.3, 0.4) is 0 Å². The number of nitrogens with zero attached hydrogens (tertiary/aromatic N) is 3. The molecule has 3 amide bonds. The molecule has 3 aromatic carbocycles. The molecule has 0 bridgehead atoms. The molecule has 1 aromatic heterocycles. The summed E-state index contributed by atoms with van der Waals surface area (Å²) >= 11 is 0. The second kappa shape index (κ2) is 10.4. The third-order valence-electron chi connectivity index (χ3n) is 4.86. The van der Waals surface area contributed by atoms with Crippen LogP contribution in [0, 0.1) is 11.6 Å². The number of amides is 3. The maximum Gasteiger partial charge on any atom is 0.323 e. The van der Waals surface area contributed by atoms with Crippen LogP contribution in [0.4, 0.5) is 25.0 Å². The molecule has 11 nitrogen and oxygen atoms in total. The molecule has 4 aromatic rings. The van der Waals surface area contributed by atoms with Gasteiger partial charge in [-0.2, -0.15) is 5.21 Å². The Labute approximate surface area is 201 Å². The van der Waals surface area contributed by atoms with Crippen LogP contribution in [0.15, 0.2) is 60.7 Å². The van der Waals surface area contributed by atoms with Gasteiger partial charge in [-0.25, -0.2) is 13.6 Å². The van der Waals surface area contributed by atoms with E-state index in [9.17, 15) is 23.2 Å². The summed E-state index contributed by atoms with van der Waals surface area (Å²) in [7, 11) is 0. The molecule has 36 heavy (non-hydrogen) atoms. The van der Waals surface area contributed by atoms with Crippen LogP contribution in [0.25, 0.3) is 22.5 Å². The van der Waals surface area contributed by atoms with E-state index >= 15 is 0 Å². The van der Waals surface area contributed by atoms with Crippen LogP contribution in [0.5, 0.6) is 0 Å². The maximum atomic E-state index is 13.4. The van der Waals surface area contributed by atoms with Crippen molar-refractivity contribution < 1.29 is 28.3 Å². The second-order valence-electron chi connectivity index (χ2n) is 7.39. The first-order valence-electron chi connectivity index (χ1n) is 10.3. The van der Waals surface area contributed by atoms with Gasteiger partial charge in [0.25, 0.3) is 5.91 Å². The third kappa shape index (κ3) is 5.83. The first-order valence-corrected chi connectivity index (χ1v) is 10.3. The molecule has 0 aliphatic rings. The van der Waals surface area contributed by atoms with Crippen LogP contribution >= 0.6 is 0 Å². The second-order valence-corrected chi connectivity index (χ2v) is 7.39. The van der Waals surface area contributed by atoms with E-state index < -0.39 is 36.1 Å². The van der Waals surface area contributed by atoms with E-state index in [1.807, 2.05) is 0 Å². The van der Waals surface area contributed by atoms with Crippen LogP contribution in [0.1, 0.15) is 10.4 Å². The van der Waals surface area contributed by atoms with Crippen LogP contribution in [-0.2, 0) is 4.79 Å². The summed E-state index contributed by atoms with van der Waals surface area (Å²) in [5.74, 6) is -3.19. The number of anilines is 2. The van der Waals surface area contributed by atoms with Crippen LogP contribution in [0.2, 0.25) is 0 Å². The molecule has 0 saturated heterocycles. The molecule has 0 atom stereocenters. The van der Waals surface area contributed by atoms with Gasteiger partial charge in [-0.1, -0.05) is 18.2 Å². The van der Waals surface area contributed by atoms with E-state index in [-0.39, 0.29) is 17.1 Å². The molecule has 0 spiro atoms. The number of aromatic amines is 1. The van der Waals surface area contributed by atoms with E-state index in [4.69, 9.17) is 5.11 Å². The van der Waals surface area contributed by atoms with Crippen LogP contribution in [-0.4, -0.2) is 50.2 Å². The summed E-state index contributed by atoms with van der Waals surface area (Å²) in [6.45, 7) is -0.495. The number of carboxylic acids is 1. The van der Waals surface area contributed by atoms with Gasteiger partial charge >= 0.3 is 12.0 Å². The number of nitrogens with one attached hydrogen (secondary N) is 4. The summed E-state index contributed by atoms with van der Waals surface area (Å²) in [5.41, 5.74) is 2.29. The Bertz CT molecular complexity index is 1410. The first-order chi connectivity index (χ1) is 17.3. The lowest BCUT2D eigenvalue weighted by molar-refractivity contribution is -0.135. The highest BCUT2D eigenvalue weighted by Crippen LogP contribution is 2.31. The smallest absolute Gasteiger partial charge is 0.323 e. The van der Waals surface area contributed by atoms with Gasteiger partial charge in [0.15, 0.2) is 0 Å². The van der Waals surface area contributed by atoms with Crippen molar-refractivity contribution in [2.24, 2.45) is 0 Å². The number of aliphatic carboxylic acids is 1. The molecular formula is C23H17F2N7O4. The van der Waals surface area contributed by atoms with Gasteiger partial charge in [-0.05, 0) is 52.7 Å². The van der Waals surface area contributed by atoms with Crippen molar-refractivity contribution >= 4 is 29.3 Å². The first kappa shape index (κ1) is 23.9. The fourth-order valence-electron chi connectivity index (χ4n) is 3.28. The van der Waals surface area contributed by atoms with Gasteiger partial charge in [-0.3, -0.25) is 9.59 Å². The minimum atomic E-state index is -1.15. The SMILES string of the molecule is O=C(O)CNC(=O)c1ccc(-c2ccc(NC(=O)Nc3cc(F)cc(F)c3)c(-c3nn[nH]n3)c2)cc1. The molecule has 182 valence electrons. The average molecular weight is 493 g/mol. The highest BCUT2D eigenvalue weighted by molar-refractivity contribution is 6.02. The Morgan fingerprint density at radius 2 is 1.58 bits per heavy atom. The lowest BCUT2D eigenvalue weighted by Gasteiger charge is -2.13. The number of urea groups is 1. The zero-order chi connectivity index (χ0) is 25.7. The standard InChI is InChI=1S/C23H17F2N7O4/c24-15-8-16(25)10-17(9-15)27-23(36)28-19-6-5-14(7-18(19)21-29-31-32-30-21)12-1-3-13(4-2-12)22(35)26-11-20(33)34/h1-10H,11H2,(H,26,35)(H,33,34)(H2,27,28,36)(H,29,30,31,32). The number of benzene rings is 3. The van der Waals surface area contributed by atoms with Gasteiger partial charge < -0.3 is 21.1 Å². The number of halogens is 2. The number of tetrazole rings is 1. The zero-order valence-corrected chi connectivity index (χ0v) is 18.3. The molecular weight excluding hydrogens is 476 g/mol. The number of rotatable bonds is 7. The van der Waals surface area contributed by atoms with E-state index in [0.29, 0.717) is 28.4 Å². The third-order valence-corrected chi connectivity index (χ3v) is 4.86. The molecule has 0 aliphatic heterocycles. The summed E-state index contributed by atoms with van der Waals surface area (Å²) in [4.78, 5) is 35.1. The molecule has 0 radical (unpaired) electrons. The predicted molar refractivity (Wildman–Crippen MR) is 124 cm³/mol. The van der Waals surface area contributed by atoms with Crippen molar-refractivity contribution in [1.29, 1.82) is 0 Å². The number of carbonyl (C=O) groups is 3. The molecule has 0 unspecified atom stereocenters. The topological polar surface area (TPSA) is 162 Å². The molecule has 0 saturated carbocycles. The number of carbonyl (C=O) groups excluding carboxylic acids is 2. The Hall–Kier alpha value is -5.20. The fraction of sp³-hybridized carbons (Fsp3) is 0.0435. The van der Waals surface area contributed by atoms with Crippen molar-refractivity contribution in [1.82, 2.24) is 25.9 Å². The van der Waals surface area contributed by atoms with Crippen molar-refractivity contribution in [2.75, 3.05) is 17.2 Å². The predicted octanol–water partition coefficient (Wildman–Crippen LogP) is 3.27. The van der Waals surface area contributed by atoms with Gasteiger partial charge in [-0.15, -0.1) is 10.2 Å². The summed E-state index contributed by atoms with van der Waals surface area (Å²) < 4.78 is 26.8. The van der Waals surface area contributed by atoms with E-state index in [0.717, 1.165) is 12.1 Å². The summed E-state index contributed by atoms with van der Waals surface area (Å²) in [6.07, 6.45) is 0. The molecule has 13 heteroatoms. The van der Waals surface area contributed by atoms with E-state index in [1.54, 1.807) is 30.3 Å². The lowest BCUT2D eigenvalue weighted by atomic mass is 10.00. The molecule has 1 heterocycles. The van der Waals surface area contributed by atoms with Crippen LogP contribution < -0.4 is 16.0 Å². The largest absolute Gasteiger partial charge is 0.480 e. The van der Waals surface area contributed by atoms with Crippen molar-refractivity contribution in [3.63, 3.8) is 0 Å². The number of aromatic nitrogens is 4. The number of hydrogen-bond acceptors (Lipinski definition) is 6. The minimum absolute atomic E-state index is 0.0739. The van der Waals surface area contributed by atoms with Gasteiger partial charge in [0.05, 0.1) is 5.69 Å². The van der Waals surface area contributed by atoms with Crippen molar-refractivity contribution in [3.8, 4) is 22.5 Å². The summed E-state index contributed by atoms with van der Waals surface area (Å²) in [6, 6.07) is 13.3. The fourth-order valence-corrected chi connectivity index (χ4v) is 3.28. The van der Waals surface area contributed by atoms with Gasteiger partial charge in [0.2, 0.25) is 5.82 Å². The summed E-state index contributed by atoms with van der Waals surface area (Å²) in [5, 5.41) is 29.7. The normalized spacial score (nSPS) is 10.5. The number of carboxylic acid groups (broad SMARTS) is 1. The quantitative estimate of drug-likeness (QED) is 0.264. The Balaban J connectivity index is 1.57. The highest BCUT2D eigenvalue weighted by atomic mass is 19.1. The Morgan fingerprint density at radius 1 is 0.889 bits per heavy atom. The van der Waals surface area contributed by atoms with E-state index in [1.165, 1.54) is 12.1 Å². The number of H-pyrrole nitrogens is 1. The number of hydrogen-bond donors (Lipinski definition) is 5. The maximum absolute atomic E-state index is 13.4.